The van der Waals surface area contributed by atoms with Crippen molar-refractivity contribution in [2.45, 2.75) is 12.8 Å². The van der Waals surface area contributed by atoms with E-state index in [-0.39, 0.29) is 24.0 Å². The molecule has 0 aliphatic carbocycles. The van der Waals surface area contributed by atoms with Crippen molar-refractivity contribution in [3.63, 3.8) is 0 Å². The van der Waals surface area contributed by atoms with Gasteiger partial charge < -0.3 is 5.73 Å². The molecule has 0 fully saturated rings. The fourth-order valence-electron chi connectivity index (χ4n) is 1.34. The highest BCUT2D eigenvalue weighted by atomic mass is 19.1. The molecule has 0 saturated heterocycles. The summed E-state index contributed by atoms with van der Waals surface area (Å²) in [6, 6.07) is 6.28. The number of carbonyl (C=O) groups is 1. The molecule has 1 aromatic carbocycles. The molecule has 80 valence electrons. The van der Waals surface area contributed by atoms with Crippen molar-refractivity contribution in [1.29, 1.82) is 10.5 Å². The Bertz CT molecular complexity index is 511. The van der Waals surface area contributed by atoms with E-state index >= 15 is 0 Å². The van der Waals surface area contributed by atoms with Crippen LogP contribution >= 0.6 is 0 Å². The fourth-order valence-corrected chi connectivity index (χ4v) is 1.34. The molecular weight excluding hydrogens is 209 g/mol. The van der Waals surface area contributed by atoms with Gasteiger partial charge in [0.2, 0.25) is 0 Å². The number of nitrogens with two attached hydrogens (primary N) is 1. The van der Waals surface area contributed by atoms with E-state index < -0.39 is 17.3 Å². The zero-order chi connectivity index (χ0) is 12.1. The molecule has 5 heteroatoms. The van der Waals surface area contributed by atoms with Crippen LogP contribution in [0.25, 0.3) is 0 Å². The number of hydrogen-bond donors (Lipinski definition) is 1. The Balaban J connectivity index is 3.29. The van der Waals surface area contributed by atoms with Gasteiger partial charge in [0.05, 0.1) is 17.2 Å². The first-order valence-corrected chi connectivity index (χ1v) is 4.50. The highest BCUT2D eigenvalue weighted by Crippen LogP contribution is 2.18. The van der Waals surface area contributed by atoms with Gasteiger partial charge in [0.25, 0.3) is 5.91 Å². The second-order valence-corrected chi connectivity index (χ2v) is 3.10. The maximum atomic E-state index is 13.7. The second-order valence-electron chi connectivity index (χ2n) is 3.10. The van der Waals surface area contributed by atoms with Crippen LogP contribution in [-0.2, 0) is 6.42 Å². The molecule has 0 spiro atoms. The quantitative estimate of drug-likeness (QED) is 0.825. The number of benzene rings is 1. The van der Waals surface area contributed by atoms with Crippen molar-refractivity contribution in [2.75, 3.05) is 0 Å². The van der Waals surface area contributed by atoms with E-state index in [2.05, 4.69) is 0 Å². The van der Waals surface area contributed by atoms with Crippen LogP contribution in [0.4, 0.5) is 4.39 Å². The van der Waals surface area contributed by atoms with Crippen molar-refractivity contribution in [2.24, 2.45) is 5.73 Å². The van der Waals surface area contributed by atoms with Gasteiger partial charge >= 0.3 is 0 Å². The lowest BCUT2D eigenvalue weighted by atomic mass is 10.0. The van der Waals surface area contributed by atoms with Gasteiger partial charge in [-0.05, 0) is 18.1 Å². The van der Waals surface area contributed by atoms with Crippen molar-refractivity contribution in [3.05, 3.63) is 34.6 Å². The first kappa shape index (κ1) is 11.7. The summed E-state index contributed by atoms with van der Waals surface area (Å²) in [5.74, 6) is -1.78. The first-order valence-electron chi connectivity index (χ1n) is 4.50. The highest BCUT2D eigenvalue weighted by Gasteiger charge is 2.17. The molecule has 1 aromatic rings. The summed E-state index contributed by atoms with van der Waals surface area (Å²) >= 11 is 0. The van der Waals surface area contributed by atoms with E-state index in [0.717, 1.165) is 0 Å². The molecule has 0 aliphatic heterocycles. The predicted octanol–water partition coefficient (Wildman–Crippen LogP) is 1.25. The average Bonchev–Trinajstić information content (AvgIpc) is 2.26. The molecule has 0 atom stereocenters. The first-order chi connectivity index (χ1) is 7.61. The van der Waals surface area contributed by atoms with E-state index in [0.29, 0.717) is 0 Å². The minimum atomic E-state index is -0.979. The summed E-state index contributed by atoms with van der Waals surface area (Å²) < 4.78 is 13.7. The van der Waals surface area contributed by atoms with Crippen LogP contribution in [0.1, 0.15) is 27.9 Å². The lowest BCUT2D eigenvalue weighted by Crippen LogP contribution is -2.16. The number of rotatable bonds is 3. The van der Waals surface area contributed by atoms with Crippen LogP contribution in [0.15, 0.2) is 12.1 Å². The van der Waals surface area contributed by atoms with Crippen molar-refractivity contribution in [3.8, 4) is 12.1 Å². The topological polar surface area (TPSA) is 90.7 Å². The minimum Gasteiger partial charge on any atom is -0.365 e. The number of hydrogen-bond acceptors (Lipinski definition) is 3. The summed E-state index contributed by atoms with van der Waals surface area (Å²) in [6.45, 7) is 0. The van der Waals surface area contributed by atoms with Gasteiger partial charge in [-0.15, -0.1) is 0 Å². The third-order valence-corrected chi connectivity index (χ3v) is 2.09. The maximum absolute atomic E-state index is 13.7. The molecule has 4 nitrogen and oxygen atoms in total. The highest BCUT2D eigenvalue weighted by molar-refractivity contribution is 5.95. The van der Waals surface area contributed by atoms with Crippen molar-refractivity contribution in [1.82, 2.24) is 0 Å². The lowest BCUT2D eigenvalue weighted by Gasteiger charge is -2.06. The van der Waals surface area contributed by atoms with Crippen molar-refractivity contribution >= 4 is 5.91 Å². The Labute approximate surface area is 91.7 Å². The Morgan fingerprint density at radius 2 is 2.12 bits per heavy atom. The Morgan fingerprint density at radius 1 is 1.44 bits per heavy atom. The van der Waals surface area contributed by atoms with Gasteiger partial charge in [0.1, 0.15) is 11.9 Å². The predicted molar refractivity (Wildman–Crippen MR) is 53.6 cm³/mol. The molecule has 1 amide bonds. The molecule has 1 rings (SSSR count). The van der Waals surface area contributed by atoms with Gasteiger partial charge in [-0.1, -0.05) is 6.07 Å². The number of halogens is 1. The SMILES string of the molecule is N#CCCc1ccc(C#N)c(C(N)=O)c1F. The maximum Gasteiger partial charge on any atom is 0.253 e. The average molecular weight is 217 g/mol. The Hall–Kier alpha value is -2.40. The molecule has 16 heavy (non-hydrogen) atoms. The van der Waals surface area contributed by atoms with Crippen LogP contribution in [0.3, 0.4) is 0 Å². The molecule has 2 N–H and O–H groups in total. The number of aryl methyl sites for hydroxylation is 1. The van der Waals surface area contributed by atoms with Gasteiger partial charge in [-0.3, -0.25) is 4.79 Å². The van der Waals surface area contributed by atoms with Gasteiger partial charge in [0, 0.05) is 6.42 Å². The third kappa shape index (κ3) is 2.15. The zero-order valence-electron chi connectivity index (χ0n) is 8.33. The summed E-state index contributed by atoms with van der Waals surface area (Å²) in [7, 11) is 0. The van der Waals surface area contributed by atoms with Gasteiger partial charge in [-0.2, -0.15) is 10.5 Å². The Kier molecular flexibility index (Phi) is 3.58. The van der Waals surface area contributed by atoms with Crippen LogP contribution in [0.2, 0.25) is 0 Å². The molecule has 0 saturated carbocycles. The molecule has 0 aliphatic rings. The number of amides is 1. The van der Waals surface area contributed by atoms with E-state index in [1.807, 2.05) is 6.07 Å². The van der Waals surface area contributed by atoms with Crippen LogP contribution < -0.4 is 5.73 Å². The fraction of sp³-hybridized carbons (Fsp3) is 0.182. The number of nitrogens with zero attached hydrogens (tertiary/aromatic N) is 2. The zero-order valence-corrected chi connectivity index (χ0v) is 8.33. The van der Waals surface area contributed by atoms with Gasteiger partial charge in [-0.25, -0.2) is 4.39 Å². The second kappa shape index (κ2) is 4.90. The summed E-state index contributed by atoms with van der Waals surface area (Å²) in [4.78, 5) is 11.0. The molecule has 0 unspecified atom stereocenters. The minimum absolute atomic E-state index is 0.0919. The molecule has 0 heterocycles. The Morgan fingerprint density at radius 3 is 2.62 bits per heavy atom. The molecule has 0 radical (unpaired) electrons. The third-order valence-electron chi connectivity index (χ3n) is 2.09. The summed E-state index contributed by atoms with van der Waals surface area (Å²) in [5, 5.41) is 17.1. The summed E-state index contributed by atoms with van der Waals surface area (Å²) in [5.41, 5.74) is 4.71. The van der Waals surface area contributed by atoms with E-state index in [4.69, 9.17) is 16.3 Å². The van der Waals surface area contributed by atoms with Crippen LogP contribution in [0.5, 0.6) is 0 Å². The van der Waals surface area contributed by atoms with Gasteiger partial charge in [0.15, 0.2) is 0 Å². The van der Waals surface area contributed by atoms with Crippen LogP contribution in [0, 0.1) is 28.5 Å². The monoisotopic (exact) mass is 217 g/mol. The molecule has 0 aromatic heterocycles. The largest absolute Gasteiger partial charge is 0.365 e. The number of primary amides is 1. The van der Waals surface area contributed by atoms with E-state index in [1.165, 1.54) is 12.1 Å². The lowest BCUT2D eigenvalue weighted by molar-refractivity contribution is 0.0996. The molecule has 0 bridgehead atoms. The normalized spacial score (nSPS) is 9.19. The van der Waals surface area contributed by atoms with Crippen molar-refractivity contribution < 1.29 is 9.18 Å². The van der Waals surface area contributed by atoms with E-state index in [9.17, 15) is 9.18 Å². The van der Waals surface area contributed by atoms with Crippen LogP contribution in [-0.4, -0.2) is 5.91 Å². The summed E-state index contributed by atoms with van der Waals surface area (Å²) in [6.07, 6.45) is 0.329. The number of nitriles is 2. The number of carbonyl (C=O) groups excluding carboxylic acids is 1. The van der Waals surface area contributed by atoms with E-state index in [1.54, 1.807) is 6.07 Å². The smallest absolute Gasteiger partial charge is 0.253 e. The molecular formula is C11H8FN3O. The standard InChI is InChI=1S/C11H8FN3O/c12-10-7(2-1-5-13)3-4-8(6-14)9(10)11(15)16/h3-4H,1-2H2,(H2,15,16).